The molecule has 2 N–H and O–H groups in total. The molecule has 0 radical (unpaired) electrons. The first-order valence-corrected chi connectivity index (χ1v) is 7.78. The van der Waals surface area contributed by atoms with Crippen LogP contribution in [0, 0.1) is 0 Å². The van der Waals surface area contributed by atoms with Crippen molar-refractivity contribution in [2.45, 2.75) is 44.9 Å². The van der Waals surface area contributed by atoms with Gasteiger partial charge >= 0.3 is 0 Å². The number of aromatic nitrogens is 3. The van der Waals surface area contributed by atoms with Crippen molar-refractivity contribution in [2.24, 2.45) is 0 Å². The fourth-order valence-corrected chi connectivity index (χ4v) is 2.79. The van der Waals surface area contributed by atoms with Gasteiger partial charge in [-0.2, -0.15) is 5.10 Å². The summed E-state index contributed by atoms with van der Waals surface area (Å²) in [6.07, 6.45) is 2.39. The molecule has 0 amide bonds. The molecule has 1 aromatic carbocycles. The molecule has 0 bridgehead atoms. The van der Waals surface area contributed by atoms with Gasteiger partial charge in [0.25, 0.3) is 0 Å². The Hall–Kier alpha value is -1.68. The van der Waals surface area contributed by atoms with E-state index in [1.54, 1.807) is 0 Å². The predicted molar refractivity (Wildman–Crippen MR) is 85.4 cm³/mol. The Balaban J connectivity index is 1.79. The Morgan fingerprint density at radius 2 is 1.90 bits per heavy atom. The zero-order chi connectivity index (χ0) is 14.9. The second-order valence-electron chi connectivity index (χ2n) is 6.91. The molecule has 4 nitrogen and oxygen atoms in total. The average Bonchev–Trinajstić information content (AvgIpc) is 2.97. The maximum atomic E-state index is 4.69. The highest BCUT2D eigenvalue weighted by atomic mass is 15.2. The van der Waals surface area contributed by atoms with Crippen molar-refractivity contribution in [1.29, 1.82) is 0 Å². The Labute approximate surface area is 126 Å². The van der Waals surface area contributed by atoms with Crippen molar-refractivity contribution in [3.8, 4) is 11.4 Å². The van der Waals surface area contributed by atoms with E-state index in [0.717, 1.165) is 30.3 Å². The van der Waals surface area contributed by atoms with Crippen molar-refractivity contribution >= 4 is 0 Å². The number of aromatic amines is 1. The Morgan fingerprint density at radius 3 is 2.52 bits per heavy atom. The van der Waals surface area contributed by atoms with Crippen molar-refractivity contribution in [3.63, 3.8) is 0 Å². The zero-order valence-electron chi connectivity index (χ0n) is 13.1. The summed E-state index contributed by atoms with van der Waals surface area (Å²) in [4.78, 5) is 4.69. The van der Waals surface area contributed by atoms with Gasteiger partial charge in [-0.25, -0.2) is 4.98 Å². The van der Waals surface area contributed by atoms with E-state index in [2.05, 4.69) is 65.5 Å². The minimum absolute atomic E-state index is 0.177. The lowest BCUT2D eigenvalue weighted by molar-refractivity contribution is 0.447. The molecule has 2 aromatic rings. The number of piperidine rings is 1. The van der Waals surface area contributed by atoms with E-state index in [4.69, 9.17) is 0 Å². The summed E-state index contributed by atoms with van der Waals surface area (Å²) in [6.45, 7) is 8.79. The number of nitrogens with zero attached hydrogens (tertiary/aromatic N) is 2. The van der Waals surface area contributed by atoms with Crippen molar-refractivity contribution in [2.75, 3.05) is 13.1 Å². The molecule has 112 valence electrons. The van der Waals surface area contributed by atoms with Crippen LogP contribution in [0.3, 0.4) is 0 Å². The summed E-state index contributed by atoms with van der Waals surface area (Å²) in [5.41, 5.74) is 2.59. The van der Waals surface area contributed by atoms with E-state index in [1.807, 2.05) is 0 Å². The highest BCUT2D eigenvalue weighted by Gasteiger charge is 2.19. The van der Waals surface area contributed by atoms with E-state index >= 15 is 0 Å². The first-order valence-electron chi connectivity index (χ1n) is 7.78. The Bertz CT molecular complexity index is 586. The molecule has 1 aliphatic heterocycles. The van der Waals surface area contributed by atoms with Crippen molar-refractivity contribution in [1.82, 2.24) is 20.5 Å². The molecular formula is C17H24N4. The van der Waals surface area contributed by atoms with Crippen LogP contribution in [-0.4, -0.2) is 28.3 Å². The fraction of sp³-hybridized carbons (Fsp3) is 0.529. The second-order valence-corrected chi connectivity index (χ2v) is 6.91. The zero-order valence-corrected chi connectivity index (χ0v) is 13.1. The van der Waals surface area contributed by atoms with Crippen LogP contribution in [0.15, 0.2) is 24.3 Å². The molecule has 1 saturated heterocycles. The third-order valence-electron chi connectivity index (χ3n) is 4.20. The van der Waals surface area contributed by atoms with Gasteiger partial charge < -0.3 is 5.32 Å². The largest absolute Gasteiger partial charge is 0.316 e. The normalized spacial score (nSPS) is 19.7. The fourth-order valence-electron chi connectivity index (χ4n) is 2.79. The van der Waals surface area contributed by atoms with Crippen LogP contribution < -0.4 is 5.32 Å². The topological polar surface area (TPSA) is 53.6 Å². The van der Waals surface area contributed by atoms with Crippen LogP contribution in [0.4, 0.5) is 0 Å². The lowest BCUT2D eigenvalue weighted by Gasteiger charge is -2.20. The van der Waals surface area contributed by atoms with Crippen LogP contribution in [0.1, 0.15) is 50.9 Å². The molecule has 1 atom stereocenters. The highest BCUT2D eigenvalue weighted by Crippen LogP contribution is 2.26. The second kappa shape index (κ2) is 5.60. The number of hydrogen-bond acceptors (Lipinski definition) is 3. The molecule has 1 aliphatic rings. The molecule has 1 unspecified atom stereocenters. The molecule has 0 aliphatic carbocycles. The molecule has 1 fully saturated rings. The van der Waals surface area contributed by atoms with Gasteiger partial charge in [0.1, 0.15) is 5.82 Å². The number of H-pyrrole nitrogens is 1. The minimum Gasteiger partial charge on any atom is -0.316 e. The Morgan fingerprint density at radius 1 is 1.14 bits per heavy atom. The maximum absolute atomic E-state index is 4.69. The molecule has 2 heterocycles. The molecule has 0 saturated carbocycles. The lowest BCUT2D eigenvalue weighted by Crippen LogP contribution is -2.28. The smallest absolute Gasteiger partial charge is 0.181 e. The van der Waals surface area contributed by atoms with Crippen LogP contribution in [0.25, 0.3) is 11.4 Å². The van der Waals surface area contributed by atoms with Gasteiger partial charge in [0.2, 0.25) is 0 Å². The number of hydrogen-bond donors (Lipinski definition) is 2. The summed E-state index contributed by atoms with van der Waals surface area (Å²) >= 11 is 0. The third kappa shape index (κ3) is 3.16. The SMILES string of the molecule is CC(C)(C)c1ccc(-c2n[nH]c(C3CCCNC3)n2)cc1. The summed E-state index contributed by atoms with van der Waals surface area (Å²) in [7, 11) is 0. The van der Waals surface area contributed by atoms with Gasteiger partial charge in [0, 0.05) is 18.0 Å². The van der Waals surface area contributed by atoms with Crippen LogP contribution in [0.5, 0.6) is 0 Å². The third-order valence-corrected chi connectivity index (χ3v) is 4.20. The van der Waals surface area contributed by atoms with Crippen molar-refractivity contribution in [3.05, 3.63) is 35.7 Å². The van der Waals surface area contributed by atoms with Crippen molar-refractivity contribution < 1.29 is 0 Å². The molecule has 0 spiro atoms. The van der Waals surface area contributed by atoms with Gasteiger partial charge in [-0.15, -0.1) is 0 Å². The molecule has 1 aromatic heterocycles. The van der Waals surface area contributed by atoms with Gasteiger partial charge in [-0.1, -0.05) is 45.0 Å². The summed E-state index contributed by atoms with van der Waals surface area (Å²) in [6, 6.07) is 8.58. The standard InChI is InChI=1S/C17H24N4/c1-17(2,3)14-8-6-12(7-9-14)15-19-16(21-20-15)13-5-4-10-18-11-13/h6-9,13,18H,4-5,10-11H2,1-3H3,(H,19,20,21). The van der Waals surface area contributed by atoms with Gasteiger partial charge in [0.05, 0.1) is 0 Å². The van der Waals surface area contributed by atoms with E-state index < -0.39 is 0 Å². The van der Waals surface area contributed by atoms with E-state index in [9.17, 15) is 0 Å². The monoisotopic (exact) mass is 284 g/mol. The van der Waals surface area contributed by atoms with Crippen LogP contribution in [0.2, 0.25) is 0 Å². The van der Waals surface area contributed by atoms with Gasteiger partial charge in [-0.3, -0.25) is 5.10 Å². The first-order chi connectivity index (χ1) is 10.0. The number of rotatable bonds is 2. The van der Waals surface area contributed by atoms with E-state index in [-0.39, 0.29) is 5.41 Å². The summed E-state index contributed by atoms with van der Waals surface area (Å²) in [5, 5.41) is 10.9. The molecular weight excluding hydrogens is 260 g/mol. The number of nitrogens with one attached hydrogen (secondary N) is 2. The molecule has 3 rings (SSSR count). The molecule has 4 heteroatoms. The lowest BCUT2D eigenvalue weighted by atomic mass is 9.87. The van der Waals surface area contributed by atoms with Gasteiger partial charge in [-0.05, 0) is 30.4 Å². The number of benzene rings is 1. The van der Waals surface area contributed by atoms with E-state index in [0.29, 0.717) is 5.92 Å². The quantitative estimate of drug-likeness (QED) is 0.890. The van der Waals surface area contributed by atoms with Crippen LogP contribution in [-0.2, 0) is 5.41 Å². The molecule has 21 heavy (non-hydrogen) atoms. The average molecular weight is 284 g/mol. The van der Waals surface area contributed by atoms with E-state index in [1.165, 1.54) is 18.4 Å². The predicted octanol–water partition coefficient (Wildman–Crippen LogP) is 3.24. The minimum atomic E-state index is 0.177. The van der Waals surface area contributed by atoms with Gasteiger partial charge in [0.15, 0.2) is 5.82 Å². The summed E-state index contributed by atoms with van der Waals surface area (Å²) < 4.78 is 0. The first kappa shape index (κ1) is 14.3. The Kier molecular flexibility index (Phi) is 3.81. The maximum Gasteiger partial charge on any atom is 0.181 e. The van der Waals surface area contributed by atoms with Crippen LogP contribution >= 0.6 is 0 Å². The summed E-state index contributed by atoms with van der Waals surface area (Å²) in [5.74, 6) is 2.28. The highest BCUT2D eigenvalue weighted by molar-refractivity contribution is 5.55.